The summed E-state index contributed by atoms with van der Waals surface area (Å²) in [6, 6.07) is 0. The molecule has 60 valence electrons. The van der Waals surface area contributed by atoms with Gasteiger partial charge >= 0.3 is 29.6 Å². The summed E-state index contributed by atoms with van der Waals surface area (Å²) >= 11 is 0.972. The second kappa shape index (κ2) is 4.81. The number of thiazole rings is 1. The molecule has 0 aliphatic rings. The van der Waals surface area contributed by atoms with Crippen molar-refractivity contribution in [3.05, 3.63) is 10.6 Å². The summed E-state index contributed by atoms with van der Waals surface area (Å²) < 4.78 is 4.74. The van der Waals surface area contributed by atoms with Crippen LogP contribution in [0.4, 0.5) is 0 Å². The Labute approximate surface area is 95.9 Å². The van der Waals surface area contributed by atoms with Crippen LogP contribution < -0.4 is 39.4 Å². The third-order valence-corrected chi connectivity index (χ3v) is 2.24. The fourth-order valence-electron chi connectivity index (χ4n) is 0.648. The predicted octanol–water partition coefficient (Wildman–Crippen LogP) is -3.17. The third kappa shape index (κ3) is 2.45. The molecule has 1 aromatic rings. The van der Waals surface area contributed by atoms with Crippen LogP contribution in [0.15, 0.2) is 0 Å². The van der Waals surface area contributed by atoms with Crippen LogP contribution in [-0.4, -0.2) is 18.1 Å². The molecule has 0 N–H and O–H groups in total. The molecule has 0 atom stereocenters. The summed E-state index contributed by atoms with van der Waals surface area (Å²) in [5.74, 6) is -1.21. The summed E-state index contributed by atoms with van der Waals surface area (Å²) in [4.78, 5) is 14.3. The number of methoxy groups -OCH3 is 1. The Kier molecular flexibility index (Phi) is 4.77. The van der Waals surface area contributed by atoms with Gasteiger partial charge in [0.15, 0.2) is 0 Å². The van der Waals surface area contributed by atoms with E-state index in [4.69, 9.17) is 4.74 Å². The Bertz CT molecular complexity index is 286. The van der Waals surface area contributed by atoms with E-state index in [0.717, 1.165) is 11.3 Å². The molecular formula is C6H6NNaO3S. The van der Waals surface area contributed by atoms with Crippen molar-refractivity contribution in [2.45, 2.75) is 6.92 Å². The Morgan fingerprint density at radius 1 is 1.67 bits per heavy atom. The van der Waals surface area contributed by atoms with Crippen LogP contribution in [0.1, 0.15) is 15.4 Å². The van der Waals surface area contributed by atoms with Gasteiger partial charge in [0.25, 0.3) is 5.19 Å². The third-order valence-electron chi connectivity index (χ3n) is 1.14. The standard InChI is InChI=1S/C6H7NO3S.Na/c1-3-4(5(8)9)11-6(7-3)10-2;/h1-2H3,(H,8,9);/q;+1/p-1. The molecule has 1 aromatic heterocycles. The van der Waals surface area contributed by atoms with E-state index in [1.807, 2.05) is 0 Å². The van der Waals surface area contributed by atoms with Gasteiger partial charge in [-0.25, -0.2) is 4.98 Å². The van der Waals surface area contributed by atoms with Crippen LogP contribution in [0.2, 0.25) is 0 Å². The summed E-state index contributed by atoms with van der Waals surface area (Å²) in [6.07, 6.45) is 0. The molecule has 0 fully saturated rings. The minimum absolute atomic E-state index is 0. The van der Waals surface area contributed by atoms with Crippen LogP contribution in [0.25, 0.3) is 0 Å². The maximum atomic E-state index is 10.4. The first-order valence-electron chi connectivity index (χ1n) is 2.88. The van der Waals surface area contributed by atoms with Crippen LogP contribution in [0.3, 0.4) is 0 Å². The molecule has 0 saturated heterocycles. The monoisotopic (exact) mass is 195 g/mol. The number of aromatic nitrogens is 1. The zero-order valence-corrected chi connectivity index (χ0v) is 9.90. The number of ether oxygens (including phenoxy) is 1. The number of carbonyl (C=O) groups is 1. The topological polar surface area (TPSA) is 62.2 Å². The van der Waals surface area contributed by atoms with E-state index >= 15 is 0 Å². The van der Waals surface area contributed by atoms with Gasteiger partial charge in [0.05, 0.1) is 23.7 Å². The van der Waals surface area contributed by atoms with E-state index in [1.54, 1.807) is 6.92 Å². The number of carboxylic acids is 1. The molecule has 0 aliphatic carbocycles. The zero-order valence-electron chi connectivity index (χ0n) is 7.08. The molecule has 0 saturated carbocycles. The average Bonchev–Trinajstić information content (AvgIpc) is 2.30. The van der Waals surface area contributed by atoms with Gasteiger partial charge in [-0.3, -0.25) is 0 Å². The molecular weight excluding hydrogens is 189 g/mol. The molecule has 0 aliphatic heterocycles. The van der Waals surface area contributed by atoms with E-state index in [0.29, 0.717) is 10.9 Å². The van der Waals surface area contributed by atoms with E-state index in [-0.39, 0.29) is 34.4 Å². The zero-order chi connectivity index (χ0) is 8.43. The van der Waals surface area contributed by atoms with Crippen molar-refractivity contribution in [2.24, 2.45) is 0 Å². The second-order valence-corrected chi connectivity index (χ2v) is 2.85. The number of aromatic carboxylic acids is 1. The first kappa shape index (κ1) is 11.9. The number of carbonyl (C=O) groups excluding carboxylic acids is 1. The van der Waals surface area contributed by atoms with Crippen molar-refractivity contribution in [3.8, 4) is 5.19 Å². The van der Waals surface area contributed by atoms with Crippen molar-refractivity contribution < 1.29 is 44.2 Å². The van der Waals surface area contributed by atoms with E-state index < -0.39 is 5.97 Å². The summed E-state index contributed by atoms with van der Waals surface area (Å²) in [6.45, 7) is 1.60. The normalized spacial score (nSPS) is 8.83. The minimum Gasteiger partial charge on any atom is -0.544 e. The van der Waals surface area contributed by atoms with E-state index in [1.165, 1.54) is 7.11 Å². The number of rotatable bonds is 2. The Morgan fingerprint density at radius 2 is 2.25 bits per heavy atom. The van der Waals surface area contributed by atoms with E-state index in [9.17, 15) is 9.90 Å². The first-order valence-corrected chi connectivity index (χ1v) is 3.69. The van der Waals surface area contributed by atoms with Crippen molar-refractivity contribution in [2.75, 3.05) is 7.11 Å². The molecule has 0 radical (unpaired) electrons. The molecule has 6 heteroatoms. The summed E-state index contributed by atoms with van der Waals surface area (Å²) in [5, 5.41) is 10.7. The van der Waals surface area contributed by atoms with Gasteiger partial charge in [0.1, 0.15) is 0 Å². The largest absolute Gasteiger partial charge is 1.00 e. The number of hydrogen-bond acceptors (Lipinski definition) is 5. The fraction of sp³-hybridized carbons (Fsp3) is 0.333. The Morgan fingerprint density at radius 3 is 2.50 bits per heavy atom. The maximum Gasteiger partial charge on any atom is 1.00 e. The number of carboxylic acid groups (broad SMARTS) is 1. The number of aryl methyl sites for hydroxylation is 1. The van der Waals surface area contributed by atoms with Crippen molar-refractivity contribution in [1.29, 1.82) is 0 Å². The van der Waals surface area contributed by atoms with Gasteiger partial charge in [-0.05, 0) is 6.92 Å². The molecule has 0 spiro atoms. The van der Waals surface area contributed by atoms with Crippen LogP contribution >= 0.6 is 11.3 Å². The molecule has 1 rings (SSSR count). The predicted molar refractivity (Wildman–Crippen MR) is 37.7 cm³/mol. The van der Waals surface area contributed by atoms with Gasteiger partial charge in [0, 0.05) is 0 Å². The molecule has 0 amide bonds. The quantitative estimate of drug-likeness (QED) is 0.467. The molecule has 0 bridgehead atoms. The van der Waals surface area contributed by atoms with E-state index in [2.05, 4.69) is 4.98 Å². The number of nitrogens with zero attached hydrogens (tertiary/aromatic N) is 1. The van der Waals surface area contributed by atoms with Gasteiger partial charge in [-0.15, -0.1) is 0 Å². The first-order chi connectivity index (χ1) is 5.15. The fourth-order valence-corrected chi connectivity index (χ4v) is 1.37. The smallest absolute Gasteiger partial charge is 0.544 e. The minimum atomic E-state index is -1.21. The summed E-state index contributed by atoms with van der Waals surface area (Å²) in [7, 11) is 1.44. The molecule has 0 aromatic carbocycles. The molecule has 4 nitrogen and oxygen atoms in total. The van der Waals surface area contributed by atoms with Crippen LogP contribution in [0.5, 0.6) is 5.19 Å². The second-order valence-electron chi connectivity index (χ2n) is 1.89. The van der Waals surface area contributed by atoms with Gasteiger partial charge < -0.3 is 14.6 Å². The van der Waals surface area contributed by atoms with Crippen molar-refractivity contribution in [1.82, 2.24) is 4.98 Å². The molecule has 0 unspecified atom stereocenters. The number of hydrogen-bond donors (Lipinski definition) is 0. The van der Waals surface area contributed by atoms with Gasteiger partial charge in [0.2, 0.25) is 0 Å². The summed E-state index contributed by atoms with van der Waals surface area (Å²) in [5.41, 5.74) is 0.437. The van der Waals surface area contributed by atoms with Crippen molar-refractivity contribution >= 4 is 17.3 Å². The van der Waals surface area contributed by atoms with Gasteiger partial charge in [-0.2, -0.15) is 0 Å². The average molecular weight is 195 g/mol. The molecule has 1 heterocycles. The maximum absolute atomic E-state index is 10.4. The van der Waals surface area contributed by atoms with Crippen LogP contribution in [0, 0.1) is 6.92 Å². The molecule has 12 heavy (non-hydrogen) atoms. The Hall–Kier alpha value is -0.100. The van der Waals surface area contributed by atoms with Crippen LogP contribution in [-0.2, 0) is 0 Å². The SMILES string of the molecule is COc1nc(C)c(C(=O)[O-])s1.[Na+]. The van der Waals surface area contributed by atoms with Gasteiger partial charge in [-0.1, -0.05) is 11.3 Å². The Balaban J connectivity index is 0.00000121. The van der Waals surface area contributed by atoms with Crippen molar-refractivity contribution in [3.63, 3.8) is 0 Å².